The molecule has 1 saturated heterocycles. The van der Waals surface area contributed by atoms with Crippen LogP contribution < -0.4 is 5.56 Å². The lowest BCUT2D eigenvalue weighted by Gasteiger charge is -2.31. The average Bonchev–Trinajstić information content (AvgIpc) is 2.74. The highest BCUT2D eigenvalue weighted by atomic mass is 16.2. The molecule has 4 rings (SSSR count). The molecule has 1 fully saturated rings. The number of pyridine rings is 2. The van der Waals surface area contributed by atoms with Crippen LogP contribution in [0.5, 0.6) is 0 Å². The Hall–Kier alpha value is -3.35. The lowest BCUT2D eigenvalue weighted by molar-refractivity contribution is 0.0710. The van der Waals surface area contributed by atoms with Crippen LogP contribution in [0.1, 0.15) is 40.6 Å². The van der Waals surface area contributed by atoms with Crippen LogP contribution in [0, 0.1) is 6.92 Å². The van der Waals surface area contributed by atoms with Gasteiger partial charge in [0.15, 0.2) is 0 Å². The Morgan fingerprint density at radius 1 is 1.11 bits per heavy atom. The van der Waals surface area contributed by atoms with Gasteiger partial charge < -0.3 is 9.88 Å². The molecule has 1 aliphatic rings. The van der Waals surface area contributed by atoms with E-state index in [1.54, 1.807) is 12.4 Å². The van der Waals surface area contributed by atoms with Crippen molar-refractivity contribution >= 4 is 5.91 Å². The fraction of sp³-hybridized carbons (Fsp3) is 0.286. The summed E-state index contributed by atoms with van der Waals surface area (Å²) in [6, 6.07) is 10.7. The average molecular weight is 375 g/mol. The molecule has 0 radical (unpaired) electrons. The Labute approximate surface area is 162 Å². The van der Waals surface area contributed by atoms with Crippen LogP contribution in [0.25, 0.3) is 11.4 Å². The summed E-state index contributed by atoms with van der Waals surface area (Å²) in [7, 11) is 0. The number of rotatable bonds is 3. The van der Waals surface area contributed by atoms with Crippen molar-refractivity contribution in [2.45, 2.75) is 25.7 Å². The Bertz CT molecular complexity index is 1020. The molecule has 1 amide bonds. The summed E-state index contributed by atoms with van der Waals surface area (Å²) < 4.78 is 0. The number of aromatic nitrogens is 4. The molecular formula is C21H21N5O2. The molecule has 1 N–H and O–H groups in total. The van der Waals surface area contributed by atoms with E-state index in [-0.39, 0.29) is 17.4 Å². The predicted molar refractivity (Wildman–Crippen MR) is 105 cm³/mol. The van der Waals surface area contributed by atoms with Gasteiger partial charge in [-0.2, -0.15) is 0 Å². The van der Waals surface area contributed by atoms with Crippen molar-refractivity contribution < 1.29 is 4.79 Å². The number of nitrogens with one attached hydrogen (secondary N) is 1. The van der Waals surface area contributed by atoms with Crippen LogP contribution in [-0.2, 0) is 0 Å². The van der Waals surface area contributed by atoms with Gasteiger partial charge in [0.1, 0.15) is 5.82 Å². The summed E-state index contributed by atoms with van der Waals surface area (Å²) in [5.41, 5.74) is 2.55. The number of piperidine rings is 1. The molecule has 142 valence electrons. The second-order valence-electron chi connectivity index (χ2n) is 6.99. The van der Waals surface area contributed by atoms with E-state index in [1.165, 1.54) is 6.07 Å². The standard InChI is InChI=1S/C21H21N5O2/c1-14-5-6-16(13-23-14)21(28)26-10-7-15(8-11-26)20-24-18(12-19(27)25-20)17-4-2-3-9-22-17/h2-6,9,12-13,15H,7-8,10-11H2,1H3,(H,24,25,27). The number of amides is 1. The van der Waals surface area contributed by atoms with Gasteiger partial charge in [-0.15, -0.1) is 0 Å². The van der Waals surface area contributed by atoms with Gasteiger partial charge in [0, 0.05) is 43.2 Å². The van der Waals surface area contributed by atoms with Gasteiger partial charge >= 0.3 is 0 Å². The van der Waals surface area contributed by atoms with Crippen molar-refractivity contribution in [3.05, 3.63) is 76.2 Å². The molecule has 3 aromatic heterocycles. The van der Waals surface area contributed by atoms with Gasteiger partial charge in [0.2, 0.25) is 0 Å². The smallest absolute Gasteiger partial charge is 0.255 e. The molecule has 1 aliphatic heterocycles. The zero-order valence-corrected chi connectivity index (χ0v) is 15.6. The minimum Gasteiger partial charge on any atom is -0.339 e. The van der Waals surface area contributed by atoms with Gasteiger partial charge in [-0.05, 0) is 44.0 Å². The molecule has 0 bridgehead atoms. The second-order valence-corrected chi connectivity index (χ2v) is 6.99. The Morgan fingerprint density at radius 2 is 1.93 bits per heavy atom. The number of hydrogen-bond acceptors (Lipinski definition) is 5. The summed E-state index contributed by atoms with van der Waals surface area (Å²) in [6.45, 7) is 3.14. The SMILES string of the molecule is Cc1ccc(C(=O)N2CCC(c3nc(-c4ccccn4)cc(=O)[nH]3)CC2)cn1. The molecule has 0 spiro atoms. The third-order valence-electron chi connectivity index (χ3n) is 5.01. The molecule has 0 saturated carbocycles. The first-order valence-electron chi connectivity index (χ1n) is 9.35. The van der Waals surface area contributed by atoms with Crippen molar-refractivity contribution in [2.24, 2.45) is 0 Å². The van der Waals surface area contributed by atoms with E-state index in [0.717, 1.165) is 18.5 Å². The van der Waals surface area contributed by atoms with Gasteiger partial charge in [-0.1, -0.05) is 6.07 Å². The van der Waals surface area contributed by atoms with E-state index in [0.29, 0.717) is 35.9 Å². The number of H-pyrrole nitrogens is 1. The summed E-state index contributed by atoms with van der Waals surface area (Å²) >= 11 is 0. The Kier molecular flexibility index (Phi) is 4.97. The lowest BCUT2D eigenvalue weighted by atomic mass is 9.95. The van der Waals surface area contributed by atoms with Gasteiger partial charge in [-0.3, -0.25) is 19.6 Å². The molecule has 4 heterocycles. The van der Waals surface area contributed by atoms with Crippen molar-refractivity contribution in [2.75, 3.05) is 13.1 Å². The first-order valence-corrected chi connectivity index (χ1v) is 9.35. The van der Waals surface area contributed by atoms with Crippen LogP contribution in [-0.4, -0.2) is 43.8 Å². The fourth-order valence-electron chi connectivity index (χ4n) is 3.45. The monoisotopic (exact) mass is 375 g/mol. The maximum atomic E-state index is 12.7. The summed E-state index contributed by atoms with van der Waals surface area (Å²) in [6.07, 6.45) is 4.81. The summed E-state index contributed by atoms with van der Waals surface area (Å²) in [5.74, 6) is 0.767. The van der Waals surface area contributed by atoms with Gasteiger partial charge in [0.25, 0.3) is 11.5 Å². The quantitative estimate of drug-likeness (QED) is 0.760. The predicted octanol–water partition coefficient (Wildman–Crippen LogP) is 2.56. The van der Waals surface area contributed by atoms with Crippen LogP contribution in [0.4, 0.5) is 0 Å². The van der Waals surface area contributed by atoms with Crippen LogP contribution in [0.15, 0.2) is 53.6 Å². The van der Waals surface area contributed by atoms with Gasteiger partial charge in [0.05, 0.1) is 17.0 Å². The number of likely N-dealkylation sites (tertiary alicyclic amines) is 1. The molecule has 0 atom stereocenters. The number of hydrogen-bond donors (Lipinski definition) is 1. The maximum Gasteiger partial charge on any atom is 0.255 e. The molecule has 3 aromatic rings. The van der Waals surface area contributed by atoms with Crippen LogP contribution >= 0.6 is 0 Å². The number of nitrogens with zero attached hydrogens (tertiary/aromatic N) is 4. The second kappa shape index (κ2) is 7.72. The molecule has 28 heavy (non-hydrogen) atoms. The number of aromatic amines is 1. The molecule has 0 unspecified atom stereocenters. The van der Waals surface area contributed by atoms with Crippen molar-refractivity contribution in [3.63, 3.8) is 0 Å². The van der Waals surface area contributed by atoms with Crippen LogP contribution in [0.2, 0.25) is 0 Å². The van der Waals surface area contributed by atoms with E-state index in [9.17, 15) is 9.59 Å². The third-order valence-corrected chi connectivity index (χ3v) is 5.01. The zero-order chi connectivity index (χ0) is 19.5. The van der Waals surface area contributed by atoms with Crippen molar-refractivity contribution in [1.82, 2.24) is 24.8 Å². The van der Waals surface area contributed by atoms with E-state index < -0.39 is 0 Å². The third kappa shape index (κ3) is 3.83. The Balaban J connectivity index is 1.48. The van der Waals surface area contributed by atoms with Crippen LogP contribution in [0.3, 0.4) is 0 Å². The molecule has 0 aliphatic carbocycles. The summed E-state index contributed by atoms with van der Waals surface area (Å²) in [5, 5.41) is 0. The summed E-state index contributed by atoms with van der Waals surface area (Å²) in [4.78, 5) is 42.6. The Morgan fingerprint density at radius 3 is 2.61 bits per heavy atom. The van der Waals surface area contributed by atoms with E-state index in [2.05, 4.69) is 19.9 Å². The maximum absolute atomic E-state index is 12.7. The molecule has 7 heteroatoms. The largest absolute Gasteiger partial charge is 0.339 e. The highest BCUT2D eigenvalue weighted by Gasteiger charge is 2.26. The van der Waals surface area contributed by atoms with Gasteiger partial charge in [-0.25, -0.2) is 4.98 Å². The van der Waals surface area contributed by atoms with E-state index in [4.69, 9.17) is 0 Å². The van der Waals surface area contributed by atoms with Crippen molar-refractivity contribution in [3.8, 4) is 11.4 Å². The molecule has 7 nitrogen and oxygen atoms in total. The minimum atomic E-state index is -0.185. The zero-order valence-electron chi connectivity index (χ0n) is 15.6. The molecule has 0 aromatic carbocycles. The lowest BCUT2D eigenvalue weighted by Crippen LogP contribution is -2.38. The number of carbonyl (C=O) groups is 1. The topological polar surface area (TPSA) is 91.8 Å². The van der Waals surface area contributed by atoms with Crippen molar-refractivity contribution in [1.29, 1.82) is 0 Å². The van der Waals surface area contributed by atoms with E-state index in [1.807, 2.05) is 42.2 Å². The first kappa shape index (κ1) is 18.0. The highest BCUT2D eigenvalue weighted by Crippen LogP contribution is 2.27. The fourth-order valence-corrected chi connectivity index (χ4v) is 3.45. The van der Waals surface area contributed by atoms with E-state index >= 15 is 0 Å². The normalized spacial score (nSPS) is 14.8. The molecular weight excluding hydrogens is 354 g/mol. The first-order chi connectivity index (χ1) is 13.6. The number of aryl methyl sites for hydroxylation is 1. The number of carbonyl (C=O) groups excluding carboxylic acids is 1. The highest BCUT2D eigenvalue weighted by molar-refractivity contribution is 5.94. The minimum absolute atomic E-state index is 0.00496.